The molecule has 0 bridgehead atoms. The first-order chi connectivity index (χ1) is 9.15. The predicted molar refractivity (Wildman–Crippen MR) is 73.5 cm³/mol. The molecule has 19 heavy (non-hydrogen) atoms. The maximum atomic E-state index is 11.9. The molecule has 0 heterocycles. The lowest BCUT2D eigenvalue weighted by molar-refractivity contribution is -0.143. The van der Waals surface area contributed by atoms with Crippen molar-refractivity contribution in [1.82, 2.24) is 5.32 Å². The molecule has 0 amide bonds. The third kappa shape index (κ3) is 3.61. The molecule has 1 aromatic rings. The maximum Gasteiger partial charge on any atom is 0.327 e. The molecule has 1 aliphatic rings. The summed E-state index contributed by atoms with van der Waals surface area (Å²) in [5, 5.41) is 3.73. The largest absolute Gasteiger partial charge is 0.495 e. The molecule has 0 spiro atoms. The zero-order valence-corrected chi connectivity index (χ0v) is 11.9. The highest BCUT2D eigenvalue weighted by Crippen LogP contribution is 2.30. The van der Waals surface area contributed by atoms with E-state index in [-0.39, 0.29) is 5.97 Å². The Morgan fingerprint density at radius 1 is 1.47 bits per heavy atom. The lowest BCUT2D eigenvalue weighted by atomic mass is 10.1. The Labute approximate surface area is 118 Å². The summed E-state index contributed by atoms with van der Waals surface area (Å²) in [7, 11) is 2.95. The molecule has 1 atom stereocenters. The molecule has 5 heteroatoms. The van der Waals surface area contributed by atoms with Crippen molar-refractivity contribution in [2.24, 2.45) is 5.92 Å². The van der Waals surface area contributed by atoms with Gasteiger partial charge in [-0.1, -0.05) is 17.7 Å². The van der Waals surface area contributed by atoms with Crippen LogP contribution in [0.15, 0.2) is 18.2 Å². The van der Waals surface area contributed by atoms with Gasteiger partial charge >= 0.3 is 5.97 Å². The zero-order valence-electron chi connectivity index (χ0n) is 11.1. The van der Waals surface area contributed by atoms with Crippen LogP contribution in [0.1, 0.15) is 24.4 Å². The zero-order chi connectivity index (χ0) is 13.8. The first-order valence-corrected chi connectivity index (χ1v) is 6.68. The molecule has 1 aromatic carbocycles. The van der Waals surface area contributed by atoms with Crippen molar-refractivity contribution in [3.63, 3.8) is 0 Å². The predicted octanol–water partition coefficient (Wildman–Crippen LogP) is 2.56. The first-order valence-electron chi connectivity index (χ1n) is 6.30. The Morgan fingerprint density at radius 2 is 2.21 bits per heavy atom. The van der Waals surface area contributed by atoms with E-state index in [9.17, 15) is 4.79 Å². The summed E-state index contributed by atoms with van der Waals surface area (Å²) < 4.78 is 9.95. The third-order valence-corrected chi connectivity index (χ3v) is 3.55. The van der Waals surface area contributed by atoms with Gasteiger partial charge in [-0.15, -0.1) is 0 Å². The van der Waals surface area contributed by atoms with Gasteiger partial charge in [-0.25, -0.2) is 4.79 Å². The van der Waals surface area contributed by atoms with Crippen LogP contribution in [0.2, 0.25) is 5.02 Å². The average Bonchev–Trinajstić information content (AvgIpc) is 3.23. The van der Waals surface area contributed by atoms with E-state index in [1.807, 2.05) is 6.07 Å². The van der Waals surface area contributed by atoms with Crippen molar-refractivity contribution in [1.29, 1.82) is 0 Å². The average molecular weight is 284 g/mol. The van der Waals surface area contributed by atoms with Crippen LogP contribution in [0.4, 0.5) is 0 Å². The molecule has 4 nitrogen and oxygen atoms in total. The quantitative estimate of drug-likeness (QED) is 0.815. The molecule has 0 aliphatic heterocycles. The summed E-state index contributed by atoms with van der Waals surface area (Å²) >= 11 is 6.09. The summed E-state index contributed by atoms with van der Waals surface area (Å²) in [5.74, 6) is 0.971. The Hall–Kier alpha value is -1.26. The summed E-state index contributed by atoms with van der Waals surface area (Å²) in [6, 6.07) is 4.84. The molecule has 2 rings (SSSR count). The first kappa shape index (κ1) is 14.2. The van der Waals surface area contributed by atoms with E-state index >= 15 is 0 Å². The SMILES string of the molecule is COC(=O)[C@H](NCC1CC1)c1ccc(OC)c(Cl)c1. The minimum Gasteiger partial charge on any atom is -0.495 e. The summed E-state index contributed by atoms with van der Waals surface area (Å²) in [5.41, 5.74) is 0.790. The van der Waals surface area contributed by atoms with Crippen molar-refractivity contribution in [3.05, 3.63) is 28.8 Å². The van der Waals surface area contributed by atoms with Crippen LogP contribution in [0.5, 0.6) is 5.75 Å². The van der Waals surface area contributed by atoms with Gasteiger partial charge in [0.2, 0.25) is 0 Å². The number of ether oxygens (including phenoxy) is 2. The fourth-order valence-electron chi connectivity index (χ4n) is 1.92. The number of carbonyl (C=O) groups excluding carboxylic acids is 1. The van der Waals surface area contributed by atoms with Gasteiger partial charge in [0.25, 0.3) is 0 Å². The Kier molecular flexibility index (Phi) is 4.66. The number of halogens is 1. The van der Waals surface area contributed by atoms with E-state index in [0.717, 1.165) is 12.1 Å². The van der Waals surface area contributed by atoms with Gasteiger partial charge in [-0.05, 0) is 43.0 Å². The van der Waals surface area contributed by atoms with Crippen LogP contribution < -0.4 is 10.1 Å². The fourth-order valence-corrected chi connectivity index (χ4v) is 2.19. The van der Waals surface area contributed by atoms with Crippen LogP contribution in [-0.2, 0) is 9.53 Å². The van der Waals surface area contributed by atoms with E-state index < -0.39 is 6.04 Å². The molecule has 1 saturated carbocycles. The van der Waals surface area contributed by atoms with Crippen molar-refractivity contribution >= 4 is 17.6 Å². The molecule has 1 N–H and O–H groups in total. The molecule has 0 saturated heterocycles. The highest BCUT2D eigenvalue weighted by Gasteiger charge is 2.26. The number of rotatable bonds is 6. The molecule has 0 radical (unpaired) electrons. The summed E-state index contributed by atoms with van der Waals surface area (Å²) in [6.07, 6.45) is 2.45. The topological polar surface area (TPSA) is 47.6 Å². The van der Waals surface area contributed by atoms with E-state index in [1.165, 1.54) is 20.0 Å². The lowest BCUT2D eigenvalue weighted by Gasteiger charge is -2.17. The Morgan fingerprint density at radius 3 is 2.74 bits per heavy atom. The van der Waals surface area contributed by atoms with Crippen LogP contribution in [0.3, 0.4) is 0 Å². The molecule has 0 unspecified atom stereocenters. The molecule has 104 valence electrons. The Balaban J connectivity index is 2.15. The standard InChI is InChI=1S/C14H18ClNO3/c1-18-12-6-5-10(7-11(12)15)13(14(17)19-2)16-8-9-3-4-9/h5-7,9,13,16H,3-4,8H2,1-2H3/t13-/m1/s1. The van der Waals surface area contributed by atoms with E-state index in [1.54, 1.807) is 19.2 Å². The minimum absolute atomic E-state index is 0.304. The van der Waals surface area contributed by atoms with Gasteiger partial charge < -0.3 is 14.8 Å². The normalized spacial score (nSPS) is 15.9. The number of methoxy groups -OCH3 is 2. The van der Waals surface area contributed by atoms with Gasteiger partial charge in [0.15, 0.2) is 0 Å². The van der Waals surface area contributed by atoms with Gasteiger partial charge in [0.05, 0.1) is 19.2 Å². The number of carbonyl (C=O) groups is 1. The smallest absolute Gasteiger partial charge is 0.327 e. The second-order valence-electron chi connectivity index (χ2n) is 4.70. The van der Waals surface area contributed by atoms with Crippen molar-refractivity contribution in [2.75, 3.05) is 20.8 Å². The second kappa shape index (κ2) is 6.26. The minimum atomic E-state index is -0.478. The fraction of sp³-hybridized carbons (Fsp3) is 0.500. The van der Waals surface area contributed by atoms with Crippen molar-refractivity contribution in [3.8, 4) is 5.75 Å². The molecule has 0 aromatic heterocycles. The van der Waals surface area contributed by atoms with Gasteiger partial charge in [0.1, 0.15) is 11.8 Å². The van der Waals surface area contributed by atoms with Crippen LogP contribution in [0, 0.1) is 5.92 Å². The number of hydrogen-bond acceptors (Lipinski definition) is 4. The number of hydrogen-bond donors (Lipinski definition) is 1. The molecule has 1 aliphatic carbocycles. The van der Waals surface area contributed by atoms with Crippen LogP contribution in [-0.4, -0.2) is 26.7 Å². The van der Waals surface area contributed by atoms with E-state index in [0.29, 0.717) is 16.7 Å². The highest BCUT2D eigenvalue weighted by molar-refractivity contribution is 6.32. The van der Waals surface area contributed by atoms with Gasteiger partial charge in [-0.2, -0.15) is 0 Å². The molecular formula is C14H18ClNO3. The molecule has 1 fully saturated rings. The summed E-state index contributed by atoms with van der Waals surface area (Å²) in [6.45, 7) is 0.823. The Bertz CT molecular complexity index is 460. The van der Waals surface area contributed by atoms with E-state index in [2.05, 4.69) is 5.32 Å². The number of benzene rings is 1. The lowest BCUT2D eigenvalue weighted by Crippen LogP contribution is -2.31. The van der Waals surface area contributed by atoms with Gasteiger partial charge in [-0.3, -0.25) is 0 Å². The third-order valence-electron chi connectivity index (χ3n) is 3.25. The number of esters is 1. The van der Waals surface area contributed by atoms with Crippen LogP contribution in [0.25, 0.3) is 0 Å². The monoisotopic (exact) mass is 283 g/mol. The second-order valence-corrected chi connectivity index (χ2v) is 5.11. The van der Waals surface area contributed by atoms with Crippen molar-refractivity contribution in [2.45, 2.75) is 18.9 Å². The van der Waals surface area contributed by atoms with E-state index in [4.69, 9.17) is 21.1 Å². The summed E-state index contributed by atoms with van der Waals surface area (Å²) in [4.78, 5) is 11.9. The van der Waals surface area contributed by atoms with Crippen LogP contribution >= 0.6 is 11.6 Å². The highest BCUT2D eigenvalue weighted by atomic mass is 35.5. The number of nitrogens with one attached hydrogen (secondary N) is 1. The maximum absolute atomic E-state index is 11.9. The molecular weight excluding hydrogens is 266 g/mol. The van der Waals surface area contributed by atoms with Crippen molar-refractivity contribution < 1.29 is 14.3 Å². The van der Waals surface area contributed by atoms with Gasteiger partial charge in [0, 0.05) is 0 Å².